The molecule has 0 saturated heterocycles. The number of nitrogens with one attached hydrogen (secondary N) is 1. The van der Waals surface area contributed by atoms with E-state index in [2.05, 4.69) is 17.4 Å². The Bertz CT molecular complexity index is 691. The quantitative estimate of drug-likeness (QED) is 0.439. The number of aliphatic hydroxyl groups is 1. The summed E-state index contributed by atoms with van der Waals surface area (Å²) in [5.74, 6) is 0.769. The van der Waals surface area contributed by atoms with Gasteiger partial charge in [-0.3, -0.25) is 4.79 Å². The van der Waals surface area contributed by atoms with E-state index in [1.807, 2.05) is 31.2 Å². The van der Waals surface area contributed by atoms with Crippen molar-refractivity contribution in [3.8, 4) is 0 Å². The van der Waals surface area contributed by atoms with E-state index >= 15 is 0 Å². The lowest BCUT2D eigenvalue weighted by Crippen LogP contribution is -2.39. The lowest BCUT2D eigenvalue weighted by atomic mass is 9.81. The molecule has 1 heterocycles. The summed E-state index contributed by atoms with van der Waals surface area (Å²) in [5.41, 5.74) is 1.12. The van der Waals surface area contributed by atoms with Crippen LogP contribution in [0.25, 0.3) is 0 Å². The lowest BCUT2D eigenvalue weighted by Gasteiger charge is -2.37. The molecule has 7 nitrogen and oxygen atoms in total. The molecule has 1 aliphatic carbocycles. The zero-order valence-corrected chi connectivity index (χ0v) is 18.3. The maximum Gasteiger partial charge on any atom is 0.286 e. The van der Waals surface area contributed by atoms with Gasteiger partial charge in [-0.1, -0.05) is 30.3 Å². The topological polar surface area (TPSA) is 86.3 Å². The van der Waals surface area contributed by atoms with Crippen LogP contribution >= 0.6 is 0 Å². The average Bonchev–Trinajstić information content (AvgIpc) is 3.62. The molecule has 1 fully saturated rings. The van der Waals surface area contributed by atoms with Gasteiger partial charge in [-0.25, -0.2) is 0 Å². The van der Waals surface area contributed by atoms with Crippen LogP contribution in [0.5, 0.6) is 0 Å². The van der Waals surface area contributed by atoms with Crippen LogP contribution in [0.1, 0.15) is 37.7 Å². The molecule has 172 valence electrons. The first kappa shape index (κ1) is 23.7. The van der Waals surface area contributed by atoms with Crippen molar-refractivity contribution in [2.45, 2.75) is 38.4 Å². The van der Waals surface area contributed by atoms with Crippen molar-refractivity contribution in [2.24, 2.45) is 11.8 Å². The fourth-order valence-electron chi connectivity index (χ4n) is 3.75. The molecule has 3 rings (SSSR count). The molecule has 1 aliphatic heterocycles. The van der Waals surface area contributed by atoms with Crippen molar-refractivity contribution >= 4 is 5.91 Å². The van der Waals surface area contributed by atoms with Gasteiger partial charge in [0, 0.05) is 31.6 Å². The number of amides is 1. The van der Waals surface area contributed by atoms with Gasteiger partial charge in [0.05, 0.1) is 26.4 Å². The van der Waals surface area contributed by atoms with Gasteiger partial charge < -0.3 is 29.4 Å². The minimum atomic E-state index is -0.517. The Labute approximate surface area is 184 Å². The molecule has 1 aromatic rings. The van der Waals surface area contributed by atoms with Gasteiger partial charge in [-0.05, 0) is 43.7 Å². The second kappa shape index (κ2) is 12.8. The third-order valence-corrected chi connectivity index (χ3v) is 5.58. The zero-order chi connectivity index (χ0) is 21.9. The molecule has 2 aliphatic rings. The Morgan fingerprint density at radius 2 is 1.87 bits per heavy atom. The van der Waals surface area contributed by atoms with Crippen molar-refractivity contribution in [3.05, 3.63) is 47.7 Å². The van der Waals surface area contributed by atoms with Crippen LogP contribution in [0.4, 0.5) is 0 Å². The molecular weight excluding hydrogens is 398 g/mol. The summed E-state index contributed by atoms with van der Waals surface area (Å²) in [7, 11) is 0. The van der Waals surface area contributed by atoms with Crippen LogP contribution in [0.3, 0.4) is 0 Å². The number of hydrogen-bond acceptors (Lipinski definition) is 6. The first-order valence-electron chi connectivity index (χ1n) is 11.3. The molecule has 7 heteroatoms. The lowest BCUT2D eigenvalue weighted by molar-refractivity contribution is -0.168. The molecule has 0 aromatic heterocycles. The van der Waals surface area contributed by atoms with Crippen molar-refractivity contribution in [3.63, 3.8) is 0 Å². The molecule has 3 atom stereocenters. The fourth-order valence-corrected chi connectivity index (χ4v) is 3.75. The molecule has 31 heavy (non-hydrogen) atoms. The third kappa shape index (κ3) is 7.61. The molecule has 1 saturated carbocycles. The predicted octanol–water partition coefficient (Wildman–Crippen LogP) is 2.60. The maximum absolute atomic E-state index is 12.7. The molecule has 1 amide bonds. The number of benzene rings is 1. The standard InChI is InChI=1S/C24H35NO6/c1-2-30-24-20(10-12-28-14-15-29-13-11-26)21(19-6-4-3-5-7-19)16-22(31-24)23(27)25-17-18-8-9-18/h3-7,16,18,20-21,24,26H,2,8-15,17H2,1H3,(H,25,27)/t20-,21+,24+/m0/s1. The van der Waals surface area contributed by atoms with Gasteiger partial charge in [-0.15, -0.1) is 0 Å². The Morgan fingerprint density at radius 1 is 1.13 bits per heavy atom. The summed E-state index contributed by atoms with van der Waals surface area (Å²) >= 11 is 0. The Balaban J connectivity index is 1.68. The Hall–Kier alpha value is -1.93. The van der Waals surface area contributed by atoms with Gasteiger partial charge in [0.25, 0.3) is 5.91 Å². The van der Waals surface area contributed by atoms with E-state index in [0.717, 1.165) is 12.0 Å². The molecule has 0 radical (unpaired) electrons. The van der Waals surface area contributed by atoms with E-state index in [1.165, 1.54) is 12.8 Å². The number of ether oxygens (including phenoxy) is 4. The third-order valence-electron chi connectivity index (χ3n) is 5.58. The van der Waals surface area contributed by atoms with Gasteiger partial charge in [-0.2, -0.15) is 0 Å². The van der Waals surface area contributed by atoms with Crippen molar-refractivity contribution in [2.75, 3.05) is 46.2 Å². The number of rotatable bonds is 14. The van der Waals surface area contributed by atoms with Crippen LogP contribution in [0.15, 0.2) is 42.2 Å². The van der Waals surface area contributed by atoms with Crippen molar-refractivity contribution < 1.29 is 28.8 Å². The van der Waals surface area contributed by atoms with E-state index in [-0.39, 0.29) is 24.3 Å². The molecular formula is C24H35NO6. The Kier molecular flexibility index (Phi) is 9.81. The summed E-state index contributed by atoms with van der Waals surface area (Å²) < 4.78 is 22.9. The maximum atomic E-state index is 12.7. The highest BCUT2D eigenvalue weighted by Gasteiger charge is 2.38. The SMILES string of the molecule is CCO[C@@H]1OC(C(=O)NCC2CC2)=C[C@H](c2ccccc2)[C@@H]1CCOCCOCCO. The predicted molar refractivity (Wildman–Crippen MR) is 116 cm³/mol. The summed E-state index contributed by atoms with van der Waals surface area (Å²) in [6, 6.07) is 10.2. The minimum Gasteiger partial charge on any atom is -0.459 e. The number of carbonyl (C=O) groups excluding carboxylic acids is 1. The average molecular weight is 434 g/mol. The van der Waals surface area contributed by atoms with Gasteiger partial charge in [0.1, 0.15) is 0 Å². The number of aliphatic hydroxyl groups excluding tert-OH is 1. The van der Waals surface area contributed by atoms with E-state index < -0.39 is 6.29 Å². The van der Waals surface area contributed by atoms with Crippen LogP contribution in [0.2, 0.25) is 0 Å². The summed E-state index contributed by atoms with van der Waals surface area (Å²) in [4.78, 5) is 12.7. The molecule has 0 spiro atoms. The molecule has 2 N–H and O–H groups in total. The number of allylic oxidation sites excluding steroid dienone is 1. The van der Waals surface area contributed by atoms with Crippen LogP contribution < -0.4 is 5.32 Å². The van der Waals surface area contributed by atoms with Gasteiger partial charge >= 0.3 is 0 Å². The number of hydrogen-bond donors (Lipinski definition) is 2. The highest BCUT2D eigenvalue weighted by molar-refractivity contribution is 5.91. The van der Waals surface area contributed by atoms with E-state index in [1.54, 1.807) is 0 Å². The molecule has 1 aromatic carbocycles. The second-order valence-corrected chi connectivity index (χ2v) is 7.96. The smallest absolute Gasteiger partial charge is 0.286 e. The van der Waals surface area contributed by atoms with Crippen molar-refractivity contribution in [1.82, 2.24) is 5.32 Å². The highest BCUT2D eigenvalue weighted by atomic mass is 16.7. The van der Waals surface area contributed by atoms with E-state index in [9.17, 15) is 4.79 Å². The summed E-state index contributed by atoms with van der Waals surface area (Å²) in [5, 5.41) is 11.7. The van der Waals surface area contributed by atoms with Crippen molar-refractivity contribution in [1.29, 1.82) is 0 Å². The molecule has 0 bridgehead atoms. The first-order valence-corrected chi connectivity index (χ1v) is 11.3. The van der Waals surface area contributed by atoms with Gasteiger partial charge in [0.2, 0.25) is 6.29 Å². The normalized spacial score (nSPS) is 23.2. The largest absolute Gasteiger partial charge is 0.459 e. The fraction of sp³-hybridized carbons (Fsp3) is 0.625. The second-order valence-electron chi connectivity index (χ2n) is 7.96. The van der Waals surface area contributed by atoms with Crippen LogP contribution in [-0.4, -0.2) is 63.5 Å². The Morgan fingerprint density at radius 3 is 2.55 bits per heavy atom. The summed E-state index contributed by atoms with van der Waals surface area (Å²) in [6.07, 6.45) is 4.50. The van der Waals surface area contributed by atoms with E-state index in [0.29, 0.717) is 51.3 Å². The van der Waals surface area contributed by atoms with E-state index in [4.69, 9.17) is 24.1 Å². The van der Waals surface area contributed by atoms with Gasteiger partial charge in [0.15, 0.2) is 5.76 Å². The summed E-state index contributed by atoms with van der Waals surface area (Å²) in [6.45, 7) is 4.89. The minimum absolute atomic E-state index is 0.0110. The van der Waals surface area contributed by atoms with Crippen LogP contribution in [-0.2, 0) is 23.7 Å². The first-order chi connectivity index (χ1) is 15.2. The zero-order valence-electron chi connectivity index (χ0n) is 18.3. The highest BCUT2D eigenvalue weighted by Crippen LogP contribution is 2.38. The van der Waals surface area contributed by atoms with Crippen LogP contribution in [0, 0.1) is 11.8 Å². The monoisotopic (exact) mass is 433 g/mol. The number of carbonyl (C=O) groups is 1. The molecule has 0 unspecified atom stereocenters.